The number of hydrogen-bond donors (Lipinski definition) is 1. The number of likely N-dealkylation sites (tertiary alicyclic amines) is 1. The number of nitrogens with zero attached hydrogens (tertiary/aromatic N) is 1. The second kappa shape index (κ2) is 8.58. The van der Waals surface area contributed by atoms with Crippen LogP contribution in [0.15, 0.2) is 54.6 Å². The Labute approximate surface area is 173 Å². The second-order valence-corrected chi connectivity index (χ2v) is 8.50. The van der Waals surface area contributed by atoms with E-state index < -0.39 is 5.60 Å². The first-order valence-electron chi connectivity index (χ1n) is 10.8. The molecule has 3 unspecified atom stereocenters. The number of benzene rings is 2. The number of methoxy groups -OCH3 is 1. The second-order valence-electron chi connectivity index (χ2n) is 8.50. The van der Waals surface area contributed by atoms with Crippen LogP contribution < -0.4 is 4.74 Å². The van der Waals surface area contributed by atoms with Gasteiger partial charge in [-0.1, -0.05) is 55.3 Å². The Balaban J connectivity index is 1.59. The Kier molecular flexibility index (Phi) is 5.91. The van der Waals surface area contributed by atoms with Crippen LogP contribution in [0.25, 0.3) is 0 Å². The fraction of sp³-hybridized carbons (Fsp3) is 0.480. The average molecular weight is 394 g/mol. The molecule has 2 aromatic carbocycles. The molecule has 4 rings (SSSR count). The molecule has 29 heavy (non-hydrogen) atoms. The molecule has 1 heterocycles. The Hall–Kier alpha value is -2.33. The van der Waals surface area contributed by atoms with Gasteiger partial charge < -0.3 is 14.7 Å². The van der Waals surface area contributed by atoms with Crippen LogP contribution in [0.3, 0.4) is 0 Å². The molecule has 2 aliphatic rings. The third-order valence-electron chi connectivity index (χ3n) is 6.82. The molecule has 4 nitrogen and oxygen atoms in total. The third-order valence-corrected chi connectivity index (χ3v) is 6.82. The molecule has 0 radical (unpaired) electrons. The third kappa shape index (κ3) is 4.18. The SMILES string of the molecule is COc1ccc(C2C3CCCCC3(O)CCN2C(=O)CCc2ccccc2)cc1. The molecule has 0 spiro atoms. The van der Waals surface area contributed by atoms with Gasteiger partial charge in [0, 0.05) is 18.9 Å². The van der Waals surface area contributed by atoms with Crippen molar-refractivity contribution in [1.29, 1.82) is 0 Å². The normalized spacial score (nSPS) is 26.6. The lowest BCUT2D eigenvalue weighted by atomic mass is 9.66. The zero-order valence-corrected chi connectivity index (χ0v) is 17.2. The number of carbonyl (C=O) groups is 1. The van der Waals surface area contributed by atoms with Crippen molar-refractivity contribution >= 4 is 5.91 Å². The fourth-order valence-electron chi connectivity index (χ4n) is 5.21. The number of hydrogen-bond acceptors (Lipinski definition) is 3. The number of rotatable bonds is 5. The number of carbonyl (C=O) groups excluding carboxylic acids is 1. The standard InChI is InChI=1S/C25H31NO3/c1-29-21-13-11-20(12-14-21)24-22-9-5-6-16-25(22,28)17-18-26(24)23(27)15-10-19-7-3-2-4-8-19/h2-4,7-8,11-14,22,24,28H,5-6,9-10,15-18H2,1H3. The molecule has 154 valence electrons. The molecule has 3 atom stereocenters. The number of fused-ring (bicyclic) bond motifs is 1. The van der Waals surface area contributed by atoms with Crippen LogP contribution in [0.4, 0.5) is 0 Å². The van der Waals surface area contributed by atoms with Gasteiger partial charge in [-0.2, -0.15) is 0 Å². The van der Waals surface area contributed by atoms with Crippen molar-refractivity contribution < 1.29 is 14.6 Å². The van der Waals surface area contributed by atoms with E-state index in [1.54, 1.807) is 7.11 Å². The van der Waals surface area contributed by atoms with E-state index in [0.717, 1.165) is 43.4 Å². The van der Waals surface area contributed by atoms with E-state index in [1.807, 2.05) is 35.2 Å². The first kappa shape index (κ1) is 20.0. The highest BCUT2D eigenvalue weighted by molar-refractivity contribution is 5.77. The minimum atomic E-state index is -0.654. The van der Waals surface area contributed by atoms with E-state index >= 15 is 0 Å². The largest absolute Gasteiger partial charge is 0.497 e. The maximum Gasteiger partial charge on any atom is 0.223 e. The maximum atomic E-state index is 13.3. The van der Waals surface area contributed by atoms with Crippen molar-refractivity contribution in [3.63, 3.8) is 0 Å². The highest BCUT2D eigenvalue weighted by Gasteiger charge is 2.49. The lowest BCUT2D eigenvalue weighted by molar-refractivity contribution is -0.155. The van der Waals surface area contributed by atoms with Gasteiger partial charge in [0.25, 0.3) is 0 Å². The van der Waals surface area contributed by atoms with Gasteiger partial charge >= 0.3 is 0 Å². The van der Waals surface area contributed by atoms with Gasteiger partial charge in [0.1, 0.15) is 5.75 Å². The zero-order chi connectivity index (χ0) is 20.3. The van der Waals surface area contributed by atoms with Gasteiger partial charge in [-0.25, -0.2) is 0 Å². The molecule has 1 saturated carbocycles. The number of aryl methyl sites for hydroxylation is 1. The number of amides is 1. The van der Waals surface area contributed by atoms with Gasteiger partial charge in [-0.15, -0.1) is 0 Å². The van der Waals surface area contributed by atoms with Crippen LogP contribution in [0, 0.1) is 5.92 Å². The molecule has 0 bridgehead atoms. The highest BCUT2D eigenvalue weighted by atomic mass is 16.5. The van der Waals surface area contributed by atoms with E-state index in [2.05, 4.69) is 24.3 Å². The lowest BCUT2D eigenvalue weighted by Crippen LogP contribution is -2.56. The summed E-state index contributed by atoms with van der Waals surface area (Å²) in [6.07, 6.45) is 5.94. The first-order chi connectivity index (χ1) is 14.1. The zero-order valence-electron chi connectivity index (χ0n) is 17.2. The molecule has 4 heteroatoms. The smallest absolute Gasteiger partial charge is 0.223 e. The number of ether oxygens (including phenoxy) is 1. The van der Waals surface area contributed by atoms with Crippen molar-refractivity contribution in [3.8, 4) is 5.75 Å². The summed E-state index contributed by atoms with van der Waals surface area (Å²) in [5.74, 6) is 1.09. The summed E-state index contributed by atoms with van der Waals surface area (Å²) in [4.78, 5) is 15.3. The van der Waals surface area contributed by atoms with Crippen molar-refractivity contribution in [2.45, 2.75) is 56.6 Å². The minimum absolute atomic E-state index is 0.0665. The minimum Gasteiger partial charge on any atom is -0.497 e. The summed E-state index contributed by atoms with van der Waals surface area (Å²) in [6, 6.07) is 18.1. The molecule has 2 fully saturated rings. The molecule has 1 saturated heterocycles. The van der Waals surface area contributed by atoms with Crippen LogP contribution in [0.5, 0.6) is 5.75 Å². The number of aliphatic hydroxyl groups is 1. The molecular weight excluding hydrogens is 362 g/mol. The summed E-state index contributed by atoms with van der Waals surface area (Å²) in [5.41, 5.74) is 1.64. The van der Waals surface area contributed by atoms with E-state index in [4.69, 9.17) is 4.74 Å². The van der Waals surface area contributed by atoms with Gasteiger partial charge in [0.05, 0.1) is 18.8 Å². The van der Waals surface area contributed by atoms with E-state index in [0.29, 0.717) is 19.4 Å². The Bertz CT molecular complexity index is 820. The van der Waals surface area contributed by atoms with Crippen LogP contribution in [-0.2, 0) is 11.2 Å². The predicted octanol–water partition coefficient (Wildman–Crippen LogP) is 4.52. The fourth-order valence-corrected chi connectivity index (χ4v) is 5.21. The maximum absolute atomic E-state index is 13.3. The van der Waals surface area contributed by atoms with Crippen molar-refractivity contribution in [1.82, 2.24) is 4.90 Å². The molecule has 1 N–H and O–H groups in total. The summed E-state index contributed by atoms with van der Waals surface area (Å²) in [6.45, 7) is 0.622. The van der Waals surface area contributed by atoms with Gasteiger partial charge in [-0.3, -0.25) is 4.79 Å². The Morgan fingerprint density at radius 3 is 2.59 bits per heavy atom. The quantitative estimate of drug-likeness (QED) is 0.812. The van der Waals surface area contributed by atoms with Crippen molar-refractivity contribution in [2.75, 3.05) is 13.7 Å². The van der Waals surface area contributed by atoms with Crippen molar-refractivity contribution in [3.05, 3.63) is 65.7 Å². The first-order valence-corrected chi connectivity index (χ1v) is 10.8. The van der Waals surface area contributed by atoms with Crippen LogP contribution >= 0.6 is 0 Å². The predicted molar refractivity (Wildman–Crippen MR) is 114 cm³/mol. The molecule has 1 aliphatic heterocycles. The average Bonchev–Trinajstić information content (AvgIpc) is 2.77. The van der Waals surface area contributed by atoms with Crippen LogP contribution in [0.2, 0.25) is 0 Å². The Morgan fingerprint density at radius 1 is 1.10 bits per heavy atom. The summed E-state index contributed by atoms with van der Waals surface area (Å²) < 4.78 is 5.31. The summed E-state index contributed by atoms with van der Waals surface area (Å²) >= 11 is 0. The van der Waals surface area contributed by atoms with Crippen LogP contribution in [-0.4, -0.2) is 35.2 Å². The van der Waals surface area contributed by atoms with Gasteiger partial charge in [0.15, 0.2) is 0 Å². The topological polar surface area (TPSA) is 49.8 Å². The summed E-state index contributed by atoms with van der Waals surface area (Å²) in [7, 11) is 1.66. The molecule has 0 aromatic heterocycles. The van der Waals surface area contributed by atoms with Crippen molar-refractivity contribution in [2.24, 2.45) is 5.92 Å². The van der Waals surface area contributed by atoms with E-state index in [1.165, 1.54) is 5.56 Å². The van der Waals surface area contributed by atoms with Gasteiger partial charge in [-0.05, 0) is 48.9 Å². The molecule has 1 amide bonds. The summed E-state index contributed by atoms with van der Waals surface area (Å²) in [5, 5.41) is 11.4. The number of piperidine rings is 1. The molecular formula is C25H31NO3. The lowest BCUT2D eigenvalue weighted by Gasteiger charge is -2.52. The van der Waals surface area contributed by atoms with Crippen LogP contribution in [0.1, 0.15) is 55.7 Å². The van der Waals surface area contributed by atoms with E-state index in [9.17, 15) is 9.90 Å². The molecule has 2 aromatic rings. The highest BCUT2D eigenvalue weighted by Crippen LogP contribution is 2.49. The van der Waals surface area contributed by atoms with E-state index in [-0.39, 0.29) is 17.9 Å². The van der Waals surface area contributed by atoms with Gasteiger partial charge in [0.2, 0.25) is 5.91 Å². The monoisotopic (exact) mass is 393 g/mol. The molecule has 1 aliphatic carbocycles. The Morgan fingerprint density at radius 2 is 1.86 bits per heavy atom.